The number of hydrogen-bond acceptors (Lipinski definition) is 8. The first-order valence-corrected chi connectivity index (χ1v) is 13.0. The molecule has 160 valence electrons. The van der Waals surface area contributed by atoms with Crippen molar-refractivity contribution >= 4 is 11.9 Å². The number of rotatable bonds is 14. The van der Waals surface area contributed by atoms with E-state index in [1.54, 1.807) is 13.8 Å². The van der Waals surface area contributed by atoms with Crippen molar-refractivity contribution in [3.63, 3.8) is 0 Å². The Morgan fingerprint density at radius 3 is 1.37 bits per heavy atom. The second kappa shape index (κ2) is 13.6. The summed E-state index contributed by atoms with van der Waals surface area (Å²) in [7, 11) is 0. The fourth-order valence-corrected chi connectivity index (χ4v) is 7.71. The van der Waals surface area contributed by atoms with Crippen LogP contribution in [-0.4, -0.2) is 60.8 Å². The molecular formula is C18H36O8Ti. The van der Waals surface area contributed by atoms with Crippen LogP contribution < -0.4 is 0 Å². The molecular weight excluding hydrogens is 392 g/mol. The van der Waals surface area contributed by atoms with Gasteiger partial charge in [-0.05, 0) is 0 Å². The van der Waals surface area contributed by atoms with E-state index in [0.717, 1.165) is 0 Å². The quantitative estimate of drug-likeness (QED) is 0.319. The van der Waals surface area contributed by atoms with Crippen LogP contribution >= 0.6 is 0 Å². The Labute approximate surface area is 166 Å². The zero-order valence-electron chi connectivity index (χ0n) is 17.4. The maximum absolute atomic E-state index is 11.9. The third-order valence-electron chi connectivity index (χ3n) is 3.49. The number of esters is 2. The predicted molar refractivity (Wildman–Crippen MR) is 96.5 cm³/mol. The first-order valence-electron chi connectivity index (χ1n) is 9.54. The Kier molecular flexibility index (Phi) is 13.4. The van der Waals surface area contributed by atoms with Crippen molar-refractivity contribution in [2.24, 2.45) is 11.8 Å². The van der Waals surface area contributed by atoms with Gasteiger partial charge in [-0.25, -0.2) is 0 Å². The molecule has 0 aromatic rings. The van der Waals surface area contributed by atoms with Gasteiger partial charge in [-0.1, -0.05) is 0 Å². The zero-order chi connectivity index (χ0) is 21.0. The zero-order valence-corrected chi connectivity index (χ0v) is 19.0. The molecule has 0 fully saturated rings. The van der Waals surface area contributed by atoms with Gasteiger partial charge in [0.25, 0.3) is 0 Å². The van der Waals surface area contributed by atoms with Crippen LogP contribution in [0.25, 0.3) is 0 Å². The number of aliphatic hydroxyl groups is 2. The molecule has 0 aromatic carbocycles. The molecule has 0 saturated carbocycles. The molecule has 0 saturated heterocycles. The minimum atomic E-state index is -3.96. The molecule has 8 nitrogen and oxygen atoms in total. The van der Waals surface area contributed by atoms with Crippen LogP contribution in [0.15, 0.2) is 0 Å². The number of ether oxygens (including phenoxy) is 2. The Hall–Kier alpha value is -0.506. The van der Waals surface area contributed by atoms with Crippen molar-refractivity contribution in [2.45, 2.75) is 63.2 Å². The summed E-state index contributed by atoms with van der Waals surface area (Å²) in [5, 5.41) is 20.6. The van der Waals surface area contributed by atoms with Crippen LogP contribution in [0.4, 0.5) is 0 Å². The van der Waals surface area contributed by atoms with Crippen molar-refractivity contribution in [1.29, 1.82) is 0 Å². The van der Waals surface area contributed by atoms with E-state index < -0.39 is 41.5 Å². The van der Waals surface area contributed by atoms with E-state index >= 15 is 0 Å². The van der Waals surface area contributed by atoms with E-state index in [0.29, 0.717) is 13.2 Å². The summed E-state index contributed by atoms with van der Waals surface area (Å²) in [6, 6.07) is 0. The van der Waals surface area contributed by atoms with Gasteiger partial charge in [0.15, 0.2) is 0 Å². The second-order valence-corrected chi connectivity index (χ2v) is 12.3. The minimum absolute atomic E-state index is 0.0886. The Morgan fingerprint density at radius 1 is 0.778 bits per heavy atom. The summed E-state index contributed by atoms with van der Waals surface area (Å²) in [6.07, 6.45) is -2.86. The number of carbonyl (C=O) groups is 2. The number of carbonyl (C=O) groups excluding carboxylic acids is 2. The van der Waals surface area contributed by atoms with Crippen molar-refractivity contribution in [1.82, 2.24) is 0 Å². The van der Waals surface area contributed by atoms with E-state index in [2.05, 4.69) is 0 Å². The fraction of sp³-hybridized carbons (Fsp3) is 0.889. The molecule has 0 aliphatic rings. The Bertz CT molecular complexity index is 401. The van der Waals surface area contributed by atoms with Crippen LogP contribution in [0.3, 0.4) is 0 Å². The van der Waals surface area contributed by atoms with Crippen LogP contribution in [0.5, 0.6) is 0 Å². The van der Waals surface area contributed by atoms with Gasteiger partial charge in [-0.3, -0.25) is 0 Å². The molecule has 0 aromatic heterocycles. The molecule has 2 atom stereocenters. The summed E-state index contributed by atoms with van der Waals surface area (Å²) in [6.45, 7) is 12.1. The summed E-state index contributed by atoms with van der Waals surface area (Å²) in [5.41, 5.74) is 0. The van der Waals surface area contributed by atoms with Gasteiger partial charge in [0.2, 0.25) is 0 Å². The topological polar surface area (TPSA) is 112 Å². The third-order valence-corrected chi connectivity index (χ3v) is 8.80. The SMILES string of the molecule is CCOC(=O)C(O)[CH2][Ti]([CH2]C(O)C(=O)OCC)([O]CC(C)C)[O]CC(C)C. The molecule has 27 heavy (non-hydrogen) atoms. The van der Waals surface area contributed by atoms with Crippen LogP contribution in [0.1, 0.15) is 41.5 Å². The summed E-state index contributed by atoms with van der Waals surface area (Å²) < 4.78 is 21.7. The van der Waals surface area contributed by atoms with Gasteiger partial charge in [0.05, 0.1) is 0 Å². The normalized spacial score (nSPS) is 14.3. The maximum atomic E-state index is 11.9. The van der Waals surface area contributed by atoms with Crippen molar-refractivity contribution in [3.8, 4) is 0 Å². The monoisotopic (exact) mass is 428 g/mol. The first-order chi connectivity index (χ1) is 12.6. The molecule has 0 amide bonds. The van der Waals surface area contributed by atoms with Gasteiger partial charge in [-0.2, -0.15) is 0 Å². The molecule has 0 rings (SSSR count). The van der Waals surface area contributed by atoms with E-state index in [9.17, 15) is 19.8 Å². The van der Waals surface area contributed by atoms with Gasteiger partial charge in [0.1, 0.15) is 0 Å². The Balaban J connectivity index is 5.54. The molecule has 0 radical (unpaired) electrons. The van der Waals surface area contributed by atoms with E-state index in [1.165, 1.54) is 0 Å². The predicted octanol–water partition coefficient (Wildman–Crippen LogP) is 2.00. The van der Waals surface area contributed by atoms with Crippen LogP contribution in [0, 0.1) is 11.8 Å². The van der Waals surface area contributed by atoms with Crippen LogP contribution in [-0.2, 0) is 43.1 Å². The third kappa shape index (κ3) is 11.2. The molecule has 0 aliphatic heterocycles. The first kappa shape index (κ1) is 26.5. The summed E-state index contributed by atoms with van der Waals surface area (Å²) in [5.74, 6) is -1.17. The van der Waals surface area contributed by atoms with E-state index in [1.807, 2.05) is 27.7 Å². The van der Waals surface area contributed by atoms with Gasteiger partial charge in [0, 0.05) is 0 Å². The van der Waals surface area contributed by atoms with E-state index in [-0.39, 0.29) is 34.5 Å². The average molecular weight is 428 g/mol. The number of aliphatic hydroxyl groups excluding tert-OH is 2. The fourth-order valence-electron chi connectivity index (χ4n) is 2.23. The molecule has 0 spiro atoms. The van der Waals surface area contributed by atoms with Crippen molar-refractivity contribution < 1.29 is 53.3 Å². The molecule has 2 unspecified atom stereocenters. The Morgan fingerprint density at radius 2 is 1.11 bits per heavy atom. The molecule has 9 heteroatoms. The standard InChI is InChI=1S/2C5H9O3.2C4H9O.Ti/c2*1-3-8-5(7)4(2)6;2*1-4(2)3-5;/h2*4,6H,2-3H2,1H3;2*4H,3H2,1-2H3;/q;;2*-1;+2. The van der Waals surface area contributed by atoms with Crippen molar-refractivity contribution in [3.05, 3.63) is 0 Å². The second-order valence-electron chi connectivity index (χ2n) is 7.26. The van der Waals surface area contributed by atoms with Gasteiger partial charge >= 0.3 is 167 Å². The summed E-state index contributed by atoms with van der Waals surface area (Å²) >= 11 is -3.96. The molecule has 0 bridgehead atoms. The van der Waals surface area contributed by atoms with Crippen LogP contribution in [0.2, 0.25) is 9.45 Å². The van der Waals surface area contributed by atoms with Gasteiger partial charge < -0.3 is 0 Å². The van der Waals surface area contributed by atoms with Gasteiger partial charge in [-0.15, -0.1) is 0 Å². The number of hydrogen-bond donors (Lipinski definition) is 2. The van der Waals surface area contributed by atoms with Crippen molar-refractivity contribution in [2.75, 3.05) is 26.4 Å². The molecule has 0 aliphatic carbocycles. The molecule has 2 N–H and O–H groups in total. The van der Waals surface area contributed by atoms with E-state index in [4.69, 9.17) is 16.1 Å². The molecule has 0 heterocycles. The summed E-state index contributed by atoms with van der Waals surface area (Å²) in [4.78, 5) is 23.8. The average Bonchev–Trinajstić information content (AvgIpc) is 2.58.